The summed E-state index contributed by atoms with van der Waals surface area (Å²) < 4.78 is 25.4. The molecular formula is C10H14N2O2S. The number of hydrogen-bond donors (Lipinski definition) is 2. The molecule has 0 aliphatic carbocycles. The van der Waals surface area contributed by atoms with Crippen LogP contribution in [0.25, 0.3) is 0 Å². The molecule has 1 aromatic carbocycles. The molecule has 1 aromatic rings. The van der Waals surface area contributed by atoms with Gasteiger partial charge in [-0.2, -0.15) is 0 Å². The Labute approximate surface area is 89.7 Å². The zero-order valence-electron chi connectivity index (χ0n) is 8.74. The molecule has 1 atom stereocenters. The molecule has 5 heteroatoms. The highest BCUT2D eigenvalue weighted by atomic mass is 32.2. The molecule has 0 saturated carbocycles. The van der Waals surface area contributed by atoms with E-state index in [1.165, 1.54) is 7.05 Å². The van der Waals surface area contributed by atoms with Gasteiger partial charge < -0.3 is 5.32 Å². The minimum absolute atomic E-state index is 0.333. The van der Waals surface area contributed by atoms with E-state index < -0.39 is 10.0 Å². The second-order valence-corrected chi connectivity index (χ2v) is 5.66. The van der Waals surface area contributed by atoms with Crippen molar-refractivity contribution >= 4 is 15.7 Å². The SMILES string of the molecule is CNS(=O)(=O)c1ccc2c(c1)CC(C)N2. The van der Waals surface area contributed by atoms with E-state index in [0.717, 1.165) is 17.7 Å². The fourth-order valence-corrected chi connectivity index (χ4v) is 2.59. The van der Waals surface area contributed by atoms with E-state index in [1.807, 2.05) is 6.07 Å². The lowest BCUT2D eigenvalue weighted by Crippen LogP contribution is -2.18. The van der Waals surface area contributed by atoms with Gasteiger partial charge in [0.05, 0.1) is 4.90 Å². The Morgan fingerprint density at radius 2 is 2.20 bits per heavy atom. The Morgan fingerprint density at radius 1 is 1.47 bits per heavy atom. The van der Waals surface area contributed by atoms with E-state index >= 15 is 0 Å². The quantitative estimate of drug-likeness (QED) is 0.789. The van der Waals surface area contributed by atoms with Crippen LogP contribution in [0.2, 0.25) is 0 Å². The van der Waals surface area contributed by atoms with Crippen molar-refractivity contribution in [2.45, 2.75) is 24.3 Å². The van der Waals surface area contributed by atoms with Crippen molar-refractivity contribution in [3.8, 4) is 0 Å². The summed E-state index contributed by atoms with van der Waals surface area (Å²) in [5, 5.41) is 3.28. The number of benzene rings is 1. The monoisotopic (exact) mass is 226 g/mol. The maximum atomic E-state index is 11.6. The van der Waals surface area contributed by atoms with Crippen LogP contribution in [0.5, 0.6) is 0 Å². The van der Waals surface area contributed by atoms with Gasteiger partial charge in [0.25, 0.3) is 0 Å². The summed E-state index contributed by atoms with van der Waals surface area (Å²) in [7, 11) is -1.89. The zero-order valence-corrected chi connectivity index (χ0v) is 9.56. The lowest BCUT2D eigenvalue weighted by Gasteiger charge is -2.05. The van der Waals surface area contributed by atoms with Gasteiger partial charge in [0.1, 0.15) is 0 Å². The van der Waals surface area contributed by atoms with E-state index in [-0.39, 0.29) is 0 Å². The van der Waals surface area contributed by atoms with Gasteiger partial charge in [-0.3, -0.25) is 0 Å². The highest BCUT2D eigenvalue weighted by Crippen LogP contribution is 2.27. The summed E-state index contributed by atoms with van der Waals surface area (Å²) in [6.45, 7) is 2.08. The van der Waals surface area contributed by atoms with Crippen molar-refractivity contribution in [1.29, 1.82) is 0 Å². The number of anilines is 1. The van der Waals surface area contributed by atoms with Crippen molar-refractivity contribution in [2.75, 3.05) is 12.4 Å². The van der Waals surface area contributed by atoms with Gasteiger partial charge in [0.2, 0.25) is 10.0 Å². The summed E-state index contributed by atoms with van der Waals surface area (Å²) in [6.07, 6.45) is 0.877. The predicted octanol–water partition coefficient (Wildman–Crippen LogP) is 0.951. The van der Waals surface area contributed by atoms with Crippen LogP contribution in [0, 0.1) is 0 Å². The second-order valence-electron chi connectivity index (χ2n) is 3.78. The fourth-order valence-electron chi connectivity index (χ4n) is 1.81. The largest absolute Gasteiger partial charge is 0.382 e. The van der Waals surface area contributed by atoms with Gasteiger partial charge in [0, 0.05) is 11.7 Å². The standard InChI is InChI=1S/C10H14N2O2S/c1-7-5-8-6-9(15(13,14)11-2)3-4-10(8)12-7/h3-4,6-7,11-12H,5H2,1-2H3. The van der Waals surface area contributed by atoms with Crippen LogP contribution in [-0.2, 0) is 16.4 Å². The molecule has 0 amide bonds. The van der Waals surface area contributed by atoms with E-state index in [9.17, 15) is 8.42 Å². The molecule has 0 saturated heterocycles. The van der Waals surface area contributed by atoms with Crippen LogP contribution in [0.4, 0.5) is 5.69 Å². The predicted molar refractivity (Wildman–Crippen MR) is 59.5 cm³/mol. The number of sulfonamides is 1. The van der Waals surface area contributed by atoms with E-state index in [2.05, 4.69) is 17.0 Å². The van der Waals surface area contributed by atoms with Gasteiger partial charge in [-0.1, -0.05) is 0 Å². The molecule has 82 valence electrons. The Balaban J connectivity index is 2.44. The van der Waals surface area contributed by atoms with Gasteiger partial charge >= 0.3 is 0 Å². The van der Waals surface area contributed by atoms with Crippen molar-refractivity contribution in [3.05, 3.63) is 23.8 Å². The fraction of sp³-hybridized carbons (Fsp3) is 0.400. The summed E-state index contributed by atoms with van der Waals surface area (Å²) in [5.41, 5.74) is 2.11. The highest BCUT2D eigenvalue weighted by molar-refractivity contribution is 7.89. The smallest absolute Gasteiger partial charge is 0.240 e. The normalized spacial score (nSPS) is 19.7. The first-order valence-electron chi connectivity index (χ1n) is 4.86. The molecule has 15 heavy (non-hydrogen) atoms. The molecule has 0 spiro atoms. The van der Waals surface area contributed by atoms with E-state index in [1.54, 1.807) is 12.1 Å². The van der Waals surface area contributed by atoms with Crippen molar-refractivity contribution < 1.29 is 8.42 Å². The average molecular weight is 226 g/mol. The van der Waals surface area contributed by atoms with Gasteiger partial charge in [0.15, 0.2) is 0 Å². The lowest BCUT2D eigenvalue weighted by atomic mass is 10.1. The zero-order chi connectivity index (χ0) is 11.1. The number of fused-ring (bicyclic) bond motifs is 1. The first kappa shape index (κ1) is 10.4. The molecule has 1 aliphatic heterocycles. The Hall–Kier alpha value is -1.07. The van der Waals surface area contributed by atoms with Crippen molar-refractivity contribution in [2.24, 2.45) is 0 Å². The third-order valence-corrected chi connectivity index (χ3v) is 4.00. The van der Waals surface area contributed by atoms with Gasteiger partial charge in [-0.15, -0.1) is 0 Å². The third kappa shape index (κ3) is 1.85. The van der Waals surface area contributed by atoms with Crippen molar-refractivity contribution in [3.63, 3.8) is 0 Å². The van der Waals surface area contributed by atoms with Crippen LogP contribution in [-0.4, -0.2) is 21.5 Å². The molecule has 0 bridgehead atoms. The summed E-state index contributed by atoms with van der Waals surface area (Å²) in [4.78, 5) is 0.333. The summed E-state index contributed by atoms with van der Waals surface area (Å²) in [5.74, 6) is 0. The number of hydrogen-bond acceptors (Lipinski definition) is 3. The van der Waals surface area contributed by atoms with Crippen molar-refractivity contribution in [1.82, 2.24) is 4.72 Å². The molecule has 0 fully saturated rings. The molecule has 0 aromatic heterocycles. The lowest BCUT2D eigenvalue weighted by molar-refractivity contribution is 0.588. The summed E-state index contributed by atoms with van der Waals surface area (Å²) >= 11 is 0. The maximum Gasteiger partial charge on any atom is 0.240 e. The molecule has 2 N–H and O–H groups in total. The molecular weight excluding hydrogens is 212 g/mol. The maximum absolute atomic E-state index is 11.6. The van der Waals surface area contributed by atoms with Gasteiger partial charge in [-0.05, 0) is 44.2 Å². The van der Waals surface area contributed by atoms with Crippen LogP contribution >= 0.6 is 0 Å². The van der Waals surface area contributed by atoms with E-state index in [0.29, 0.717) is 10.9 Å². The average Bonchev–Trinajstić information content (AvgIpc) is 2.56. The Bertz CT molecular complexity index is 482. The van der Waals surface area contributed by atoms with Crippen LogP contribution in [0.3, 0.4) is 0 Å². The first-order chi connectivity index (χ1) is 7.03. The number of rotatable bonds is 2. The highest BCUT2D eigenvalue weighted by Gasteiger charge is 2.19. The summed E-state index contributed by atoms with van der Waals surface area (Å²) in [6, 6.07) is 5.56. The topological polar surface area (TPSA) is 58.2 Å². The van der Waals surface area contributed by atoms with Gasteiger partial charge in [-0.25, -0.2) is 13.1 Å². The molecule has 1 heterocycles. The van der Waals surface area contributed by atoms with E-state index in [4.69, 9.17) is 0 Å². The first-order valence-corrected chi connectivity index (χ1v) is 6.34. The van der Waals surface area contributed by atoms with Crippen LogP contribution in [0.15, 0.2) is 23.1 Å². The molecule has 1 unspecified atom stereocenters. The Kier molecular flexibility index (Phi) is 2.44. The third-order valence-electron chi connectivity index (χ3n) is 2.58. The molecule has 1 aliphatic rings. The molecule has 0 radical (unpaired) electrons. The Morgan fingerprint density at radius 3 is 2.87 bits per heavy atom. The number of nitrogens with one attached hydrogen (secondary N) is 2. The molecule has 2 rings (SSSR count). The molecule has 4 nitrogen and oxygen atoms in total. The van der Waals surface area contributed by atoms with Crippen LogP contribution in [0.1, 0.15) is 12.5 Å². The second kappa shape index (κ2) is 3.50. The minimum Gasteiger partial charge on any atom is -0.382 e. The minimum atomic E-state index is -3.32. The van der Waals surface area contributed by atoms with Crippen LogP contribution < -0.4 is 10.0 Å².